The Kier molecular flexibility index (Phi) is 4.65. The summed E-state index contributed by atoms with van der Waals surface area (Å²) in [4.78, 5) is 14.4. The van der Waals surface area contributed by atoms with E-state index in [-0.39, 0.29) is 11.9 Å². The van der Waals surface area contributed by atoms with Crippen molar-refractivity contribution in [3.8, 4) is 0 Å². The molecule has 0 aromatic heterocycles. The van der Waals surface area contributed by atoms with Crippen molar-refractivity contribution in [2.24, 2.45) is 5.10 Å². The van der Waals surface area contributed by atoms with Gasteiger partial charge in [-0.05, 0) is 23.3 Å². The zero-order valence-corrected chi connectivity index (χ0v) is 14.4. The zero-order valence-electron chi connectivity index (χ0n) is 14.4. The fourth-order valence-electron chi connectivity index (χ4n) is 2.96. The second-order valence-corrected chi connectivity index (χ2v) is 6.21. The lowest BCUT2D eigenvalue weighted by atomic mass is 9.98. The molecule has 4 heteroatoms. The van der Waals surface area contributed by atoms with Crippen LogP contribution in [0.1, 0.15) is 36.9 Å². The van der Waals surface area contributed by atoms with Crippen molar-refractivity contribution >= 4 is 17.3 Å². The molecule has 0 aliphatic carbocycles. The van der Waals surface area contributed by atoms with Gasteiger partial charge in [-0.1, -0.05) is 49.4 Å². The molecule has 0 radical (unpaired) electrons. The number of carbonyl (C=O) groups is 1. The van der Waals surface area contributed by atoms with E-state index in [0.717, 1.165) is 28.9 Å². The van der Waals surface area contributed by atoms with Crippen LogP contribution in [0.25, 0.3) is 0 Å². The molecule has 0 spiro atoms. The van der Waals surface area contributed by atoms with Gasteiger partial charge in [-0.15, -0.1) is 0 Å². The number of benzene rings is 2. The van der Waals surface area contributed by atoms with E-state index in [1.54, 1.807) is 5.01 Å². The molecular formula is C20H23N3O. The van der Waals surface area contributed by atoms with Gasteiger partial charge < -0.3 is 4.90 Å². The molecule has 2 aromatic carbocycles. The van der Waals surface area contributed by atoms with Gasteiger partial charge in [-0.2, -0.15) is 5.10 Å². The predicted octanol–water partition coefficient (Wildman–Crippen LogP) is 3.84. The standard InChI is InChI=1S/C20H23N3O/c1-4-20(24)23-19(16-10-12-17(13-11-16)22(2)3)14-18(21-23)15-8-6-5-7-9-15/h5-13,19H,4,14H2,1-3H3. The summed E-state index contributed by atoms with van der Waals surface area (Å²) < 4.78 is 0. The third-order valence-electron chi connectivity index (χ3n) is 4.37. The Morgan fingerprint density at radius 1 is 1.12 bits per heavy atom. The molecule has 1 aliphatic heterocycles. The van der Waals surface area contributed by atoms with Crippen molar-refractivity contribution < 1.29 is 4.79 Å². The maximum atomic E-state index is 12.4. The summed E-state index contributed by atoms with van der Waals surface area (Å²) in [5.74, 6) is 0.0580. The number of hydrogen-bond acceptors (Lipinski definition) is 3. The molecule has 1 aliphatic rings. The summed E-state index contributed by atoms with van der Waals surface area (Å²) in [6, 6.07) is 18.4. The van der Waals surface area contributed by atoms with E-state index in [9.17, 15) is 4.79 Å². The normalized spacial score (nSPS) is 16.9. The highest BCUT2D eigenvalue weighted by atomic mass is 16.2. The van der Waals surface area contributed by atoms with Crippen LogP contribution in [0.4, 0.5) is 5.69 Å². The van der Waals surface area contributed by atoms with Crippen LogP contribution < -0.4 is 4.90 Å². The molecule has 4 nitrogen and oxygen atoms in total. The molecule has 0 saturated carbocycles. The second-order valence-electron chi connectivity index (χ2n) is 6.21. The van der Waals surface area contributed by atoms with Crippen molar-refractivity contribution in [1.29, 1.82) is 0 Å². The number of hydrazone groups is 1. The molecule has 0 saturated heterocycles. The molecule has 24 heavy (non-hydrogen) atoms. The fourth-order valence-corrected chi connectivity index (χ4v) is 2.96. The van der Waals surface area contributed by atoms with Crippen LogP contribution in [0.5, 0.6) is 0 Å². The molecule has 1 unspecified atom stereocenters. The minimum atomic E-state index is -0.0242. The Hall–Kier alpha value is -2.62. The van der Waals surface area contributed by atoms with Crippen LogP contribution in [0.2, 0.25) is 0 Å². The molecule has 3 rings (SSSR count). The zero-order chi connectivity index (χ0) is 17.1. The maximum absolute atomic E-state index is 12.4. The summed E-state index contributed by atoms with van der Waals surface area (Å²) in [7, 11) is 4.04. The lowest BCUT2D eigenvalue weighted by molar-refractivity contribution is -0.132. The third kappa shape index (κ3) is 3.18. The van der Waals surface area contributed by atoms with Gasteiger partial charge in [0.15, 0.2) is 0 Å². The highest BCUT2D eigenvalue weighted by molar-refractivity contribution is 6.03. The van der Waals surface area contributed by atoms with Gasteiger partial charge in [0.25, 0.3) is 0 Å². The lowest BCUT2D eigenvalue weighted by Crippen LogP contribution is -2.26. The van der Waals surface area contributed by atoms with Gasteiger partial charge in [0.05, 0.1) is 11.8 Å². The fraction of sp³-hybridized carbons (Fsp3) is 0.300. The molecule has 124 valence electrons. The Labute approximate surface area is 143 Å². The van der Waals surface area contributed by atoms with Crippen molar-refractivity contribution in [2.75, 3.05) is 19.0 Å². The first kappa shape index (κ1) is 16.2. The Morgan fingerprint density at radius 2 is 1.79 bits per heavy atom. The Balaban J connectivity index is 1.91. The lowest BCUT2D eigenvalue weighted by Gasteiger charge is -2.22. The highest BCUT2D eigenvalue weighted by Gasteiger charge is 2.32. The van der Waals surface area contributed by atoms with E-state index < -0.39 is 0 Å². The van der Waals surface area contributed by atoms with Crippen LogP contribution in [0, 0.1) is 0 Å². The van der Waals surface area contributed by atoms with Crippen LogP contribution in [0.15, 0.2) is 59.7 Å². The molecule has 0 fully saturated rings. The predicted molar refractivity (Wildman–Crippen MR) is 98.2 cm³/mol. The monoisotopic (exact) mass is 321 g/mol. The second kappa shape index (κ2) is 6.87. The van der Waals surface area contributed by atoms with Crippen molar-refractivity contribution in [1.82, 2.24) is 5.01 Å². The van der Waals surface area contributed by atoms with E-state index >= 15 is 0 Å². The molecule has 0 N–H and O–H groups in total. The van der Waals surface area contributed by atoms with E-state index in [1.165, 1.54) is 0 Å². The number of nitrogens with zero attached hydrogens (tertiary/aromatic N) is 3. The smallest absolute Gasteiger partial charge is 0.242 e. The summed E-state index contributed by atoms with van der Waals surface area (Å²) in [5, 5.41) is 6.29. The van der Waals surface area contributed by atoms with E-state index in [4.69, 9.17) is 0 Å². The molecule has 1 atom stereocenters. The minimum absolute atomic E-state index is 0.0242. The van der Waals surface area contributed by atoms with Crippen LogP contribution in [-0.4, -0.2) is 30.7 Å². The van der Waals surface area contributed by atoms with Gasteiger partial charge in [-0.3, -0.25) is 4.79 Å². The number of hydrogen-bond donors (Lipinski definition) is 0. The molecule has 0 bridgehead atoms. The molecule has 1 amide bonds. The topological polar surface area (TPSA) is 35.9 Å². The van der Waals surface area contributed by atoms with Gasteiger partial charge in [0.2, 0.25) is 5.91 Å². The van der Waals surface area contributed by atoms with Crippen LogP contribution in [0.3, 0.4) is 0 Å². The van der Waals surface area contributed by atoms with Gasteiger partial charge in [0.1, 0.15) is 0 Å². The van der Waals surface area contributed by atoms with Gasteiger partial charge in [0, 0.05) is 32.6 Å². The third-order valence-corrected chi connectivity index (χ3v) is 4.37. The largest absolute Gasteiger partial charge is 0.378 e. The maximum Gasteiger partial charge on any atom is 0.242 e. The van der Waals surface area contributed by atoms with E-state index in [2.05, 4.69) is 34.3 Å². The summed E-state index contributed by atoms with van der Waals surface area (Å²) in [5.41, 5.74) is 4.32. The van der Waals surface area contributed by atoms with Crippen molar-refractivity contribution in [3.63, 3.8) is 0 Å². The van der Waals surface area contributed by atoms with Gasteiger partial charge in [-0.25, -0.2) is 5.01 Å². The summed E-state index contributed by atoms with van der Waals surface area (Å²) in [6.07, 6.45) is 1.20. The molecule has 2 aromatic rings. The van der Waals surface area contributed by atoms with Gasteiger partial charge >= 0.3 is 0 Å². The minimum Gasteiger partial charge on any atom is -0.378 e. The van der Waals surface area contributed by atoms with Crippen LogP contribution in [-0.2, 0) is 4.79 Å². The Bertz CT molecular complexity index is 735. The Morgan fingerprint density at radius 3 is 2.38 bits per heavy atom. The average Bonchev–Trinajstić information content (AvgIpc) is 3.07. The first-order valence-electron chi connectivity index (χ1n) is 8.32. The first-order chi connectivity index (χ1) is 11.6. The first-order valence-corrected chi connectivity index (χ1v) is 8.32. The van der Waals surface area contributed by atoms with Crippen molar-refractivity contribution in [3.05, 3.63) is 65.7 Å². The SMILES string of the molecule is CCC(=O)N1N=C(c2ccccc2)CC1c1ccc(N(C)C)cc1. The number of rotatable bonds is 4. The molecular weight excluding hydrogens is 298 g/mol. The van der Waals surface area contributed by atoms with Crippen LogP contribution >= 0.6 is 0 Å². The number of amides is 1. The highest BCUT2D eigenvalue weighted by Crippen LogP contribution is 2.33. The van der Waals surface area contributed by atoms with E-state index in [1.807, 2.05) is 51.4 Å². The summed E-state index contributed by atoms with van der Waals surface area (Å²) in [6.45, 7) is 1.88. The average molecular weight is 321 g/mol. The van der Waals surface area contributed by atoms with E-state index in [0.29, 0.717) is 6.42 Å². The number of anilines is 1. The quantitative estimate of drug-likeness (QED) is 0.858. The summed E-state index contributed by atoms with van der Waals surface area (Å²) >= 11 is 0. The van der Waals surface area contributed by atoms with Crippen molar-refractivity contribution in [2.45, 2.75) is 25.8 Å². The number of carbonyl (C=O) groups excluding carboxylic acids is 1. The molecule has 1 heterocycles.